The summed E-state index contributed by atoms with van der Waals surface area (Å²) in [6, 6.07) is 7.93. The lowest BCUT2D eigenvalue weighted by Gasteiger charge is -2.23. The minimum Gasteiger partial charge on any atom is -0.504 e. The van der Waals surface area contributed by atoms with E-state index in [1.807, 2.05) is 24.3 Å². The number of nitrogens with zero attached hydrogens (tertiary/aromatic N) is 2. The summed E-state index contributed by atoms with van der Waals surface area (Å²) in [4.78, 5) is 10.3. The molecule has 1 aliphatic rings. The Morgan fingerprint density at radius 2 is 1.85 bits per heavy atom. The summed E-state index contributed by atoms with van der Waals surface area (Å²) in [5.41, 5.74) is 2.81. The minimum absolute atomic E-state index is 0.0257. The monoisotopic (exact) mass is 301 g/mol. The Balaban J connectivity index is 2.06. The lowest BCUT2D eigenvalue weighted by Crippen LogP contribution is -2.02. The second-order valence-electron chi connectivity index (χ2n) is 4.34. The highest BCUT2D eigenvalue weighted by atomic mass is 35.5. The van der Waals surface area contributed by atoms with Crippen LogP contribution in [0.3, 0.4) is 0 Å². The van der Waals surface area contributed by atoms with Gasteiger partial charge in [0, 0.05) is 17.3 Å². The number of fused-ring (bicyclic) bond motifs is 4. The van der Waals surface area contributed by atoms with Crippen molar-refractivity contribution in [2.45, 2.75) is 9.79 Å². The van der Waals surface area contributed by atoms with Crippen molar-refractivity contribution in [1.82, 2.24) is 9.97 Å². The van der Waals surface area contributed by atoms with Gasteiger partial charge in [-0.25, -0.2) is 4.98 Å². The molecule has 3 aromatic rings. The van der Waals surface area contributed by atoms with Crippen molar-refractivity contribution < 1.29 is 5.11 Å². The van der Waals surface area contributed by atoms with E-state index in [1.54, 1.807) is 6.20 Å². The predicted octanol–water partition coefficient (Wildman–Crippen LogP) is 4.20. The summed E-state index contributed by atoms with van der Waals surface area (Å²) in [6.07, 6.45) is 3.14. The van der Waals surface area contributed by atoms with Gasteiger partial charge in [0.1, 0.15) is 16.1 Å². The molecule has 1 aliphatic heterocycles. The van der Waals surface area contributed by atoms with Gasteiger partial charge in [-0.1, -0.05) is 35.5 Å². The first kappa shape index (κ1) is 11.8. The first-order valence-corrected chi connectivity index (χ1v) is 7.14. The number of hydrogen-bond acceptors (Lipinski definition) is 5. The largest absolute Gasteiger partial charge is 0.504 e. The summed E-state index contributed by atoms with van der Waals surface area (Å²) >= 11 is 7.79. The van der Waals surface area contributed by atoms with Crippen LogP contribution < -0.4 is 5.32 Å². The van der Waals surface area contributed by atoms with Crippen molar-refractivity contribution in [3.8, 4) is 5.75 Å². The fourth-order valence-corrected chi connectivity index (χ4v) is 3.57. The summed E-state index contributed by atoms with van der Waals surface area (Å²) in [5.74, 6) is -0.0257. The van der Waals surface area contributed by atoms with Gasteiger partial charge in [0.05, 0.1) is 16.3 Å². The topological polar surface area (TPSA) is 58.0 Å². The Bertz CT molecular complexity index is 853. The quantitative estimate of drug-likeness (QED) is 0.477. The zero-order valence-corrected chi connectivity index (χ0v) is 11.7. The molecule has 1 aromatic heterocycles. The molecule has 20 heavy (non-hydrogen) atoms. The van der Waals surface area contributed by atoms with Gasteiger partial charge in [-0.15, -0.1) is 0 Å². The van der Waals surface area contributed by atoms with Crippen LogP contribution in [0.1, 0.15) is 0 Å². The number of halogens is 1. The van der Waals surface area contributed by atoms with Crippen molar-refractivity contribution >= 4 is 45.8 Å². The molecule has 0 unspecified atom stereocenters. The average molecular weight is 302 g/mol. The standard InChI is InChI=1S/C14H8ClN3OS/c15-9-13(19)11-10(16-5-6-17-11)12-14(9)20-8-4-2-1-3-7(8)18-12/h1-6,18-19H. The highest BCUT2D eigenvalue weighted by molar-refractivity contribution is 8.00. The van der Waals surface area contributed by atoms with E-state index in [1.165, 1.54) is 18.0 Å². The lowest BCUT2D eigenvalue weighted by atomic mass is 10.2. The molecule has 4 nitrogen and oxygen atoms in total. The Kier molecular flexibility index (Phi) is 2.52. The summed E-state index contributed by atoms with van der Waals surface area (Å²) in [5, 5.41) is 13.8. The van der Waals surface area contributed by atoms with Crippen LogP contribution in [-0.2, 0) is 0 Å². The van der Waals surface area contributed by atoms with E-state index < -0.39 is 0 Å². The van der Waals surface area contributed by atoms with Crippen LogP contribution in [0.5, 0.6) is 5.75 Å². The molecule has 0 saturated heterocycles. The van der Waals surface area contributed by atoms with Gasteiger partial charge in [-0.2, -0.15) is 0 Å². The SMILES string of the molecule is Oc1c(Cl)c2c(c3nccnc13)Nc1ccccc1S2. The minimum atomic E-state index is -0.0257. The zero-order chi connectivity index (χ0) is 13.7. The highest BCUT2D eigenvalue weighted by Crippen LogP contribution is 2.52. The smallest absolute Gasteiger partial charge is 0.163 e. The van der Waals surface area contributed by atoms with Crippen molar-refractivity contribution in [2.75, 3.05) is 5.32 Å². The van der Waals surface area contributed by atoms with Crippen molar-refractivity contribution in [2.24, 2.45) is 0 Å². The third-order valence-corrected chi connectivity index (χ3v) is 4.82. The number of phenols is 1. The van der Waals surface area contributed by atoms with Crippen LogP contribution in [0.4, 0.5) is 11.4 Å². The molecular formula is C14H8ClN3OS. The third-order valence-electron chi connectivity index (χ3n) is 3.15. The van der Waals surface area contributed by atoms with Crippen molar-refractivity contribution in [1.29, 1.82) is 0 Å². The average Bonchev–Trinajstić information content (AvgIpc) is 2.51. The molecule has 98 valence electrons. The molecule has 0 radical (unpaired) electrons. The summed E-state index contributed by atoms with van der Waals surface area (Å²) in [7, 11) is 0. The van der Waals surface area contributed by atoms with Crippen molar-refractivity contribution in [3.63, 3.8) is 0 Å². The predicted molar refractivity (Wildman–Crippen MR) is 80.1 cm³/mol. The molecule has 4 rings (SSSR count). The zero-order valence-electron chi connectivity index (χ0n) is 10.1. The van der Waals surface area contributed by atoms with Gasteiger partial charge in [-0.3, -0.25) is 4.98 Å². The van der Waals surface area contributed by atoms with Crippen molar-refractivity contribution in [3.05, 3.63) is 41.7 Å². The molecule has 0 aliphatic carbocycles. The number of benzene rings is 2. The van der Waals surface area contributed by atoms with E-state index in [2.05, 4.69) is 15.3 Å². The van der Waals surface area contributed by atoms with Crippen LogP contribution in [0, 0.1) is 0 Å². The molecule has 0 saturated carbocycles. The van der Waals surface area contributed by atoms with Crippen LogP contribution in [0.25, 0.3) is 11.0 Å². The highest BCUT2D eigenvalue weighted by Gasteiger charge is 2.25. The number of nitrogens with one attached hydrogen (secondary N) is 1. The van der Waals surface area contributed by atoms with E-state index in [-0.39, 0.29) is 5.75 Å². The van der Waals surface area contributed by atoms with Gasteiger partial charge in [0.2, 0.25) is 0 Å². The van der Waals surface area contributed by atoms with Gasteiger partial charge in [0.15, 0.2) is 5.75 Å². The molecular weight excluding hydrogens is 294 g/mol. The Hall–Kier alpha value is -1.98. The third kappa shape index (κ3) is 1.57. The van der Waals surface area contributed by atoms with E-state index in [4.69, 9.17) is 11.6 Å². The molecule has 6 heteroatoms. The van der Waals surface area contributed by atoms with Gasteiger partial charge in [0.25, 0.3) is 0 Å². The van der Waals surface area contributed by atoms with Gasteiger partial charge >= 0.3 is 0 Å². The van der Waals surface area contributed by atoms with Gasteiger partial charge < -0.3 is 10.4 Å². The van der Waals surface area contributed by atoms with E-state index in [0.29, 0.717) is 16.1 Å². The Morgan fingerprint density at radius 1 is 1.10 bits per heavy atom. The maximum absolute atomic E-state index is 10.2. The number of anilines is 2. The number of aromatic nitrogens is 2. The maximum Gasteiger partial charge on any atom is 0.163 e. The van der Waals surface area contributed by atoms with E-state index in [9.17, 15) is 5.11 Å². The Morgan fingerprint density at radius 3 is 2.70 bits per heavy atom. The number of rotatable bonds is 0. The van der Waals surface area contributed by atoms with Crippen LogP contribution in [0.2, 0.25) is 5.02 Å². The van der Waals surface area contributed by atoms with Crippen LogP contribution in [-0.4, -0.2) is 15.1 Å². The van der Waals surface area contributed by atoms with Crippen LogP contribution in [0.15, 0.2) is 46.5 Å². The molecule has 2 aromatic carbocycles. The molecule has 0 amide bonds. The fourth-order valence-electron chi connectivity index (χ4n) is 2.24. The number of hydrogen-bond donors (Lipinski definition) is 2. The number of aromatic hydroxyl groups is 1. The molecule has 2 heterocycles. The maximum atomic E-state index is 10.2. The second kappa shape index (κ2) is 4.26. The molecule has 0 spiro atoms. The molecule has 0 atom stereocenters. The van der Waals surface area contributed by atoms with Gasteiger partial charge in [-0.05, 0) is 12.1 Å². The second-order valence-corrected chi connectivity index (χ2v) is 5.77. The molecule has 2 N–H and O–H groups in total. The summed E-state index contributed by atoms with van der Waals surface area (Å²) < 4.78 is 0. The van der Waals surface area contributed by atoms with E-state index >= 15 is 0 Å². The molecule has 0 bridgehead atoms. The first-order chi connectivity index (χ1) is 9.75. The summed E-state index contributed by atoms with van der Waals surface area (Å²) in [6.45, 7) is 0. The van der Waals surface area contributed by atoms with E-state index in [0.717, 1.165) is 21.2 Å². The fraction of sp³-hybridized carbons (Fsp3) is 0. The number of para-hydroxylation sites is 1. The van der Waals surface area contributed by atoms with Crippen LogP contribution >= 0.6 is 23.4 Å². The normalized spacial score (nSPS) is 12.7. The molecule has 0 fully saturated rings. The first-order valence-electron chi connectivity index (χ1n) is 5.95. The Labute approximate surface area is 123 Å². The number of phenolic OH excluding ortho intramolecular Hbond substituents is 1. The lowest BCUT2D eigenvalue weighted by molar-refractivity contribution is 0.479.